The molecule has 0 unspecified atom stereocenters. The molecule has 0 saturated heterocycles. The molecule has 0 aliphatic rings. The van der Waals surface area contributed by atoms with Crippen molar-refractivity contribution in [1.82, 2.24) is 0 Å². The Bertz CT molecular complexity index is 339. The Morgan fingerprint density at radius 2 is 2.21 bits per heavy atom. The van der Waals surface area contributed by atoms with Crippen molar-refractivity contribution in [3.63, 3.8) is 0 Å². The third-order valence-electron chi connectivity index (χ3n) is 1.87. The molecule has 0 bridgehead atoms. The van der Waals surface area contributed by atoms with Crippen LogP contribution in [0.15, 0.2) is 18.2 Å². The molecule has 0 radical (unpaired) electrons. The van der Waals surface area contributed by atoms with Crippen LogP contribution >= 0.6 is 22.6 Å². The van der Waals surface area contributed by atoms with Gasteiger partial charge in [-0.15, -0.1) is 0 Å². The van der Waals surface area contributed by atoms with E-state index in [9.17, 15) is 9.18 Å². The molecule has 0 aliphatic heterocycles. The molecular weight excluding hydrogens is 298 g/mol. The lowest BCUT2D eigenvalue weighted by Gasteiger charge is -2.03. The molecule has 0 aliphatic carbocycles. The van der Waals surface area contributed by atoms with Crippen LogP contribution in [0.5, 0.6) is 0 Å². The maximum atomic E-state index is 13.0. The Hall–Kier alpha value is -0.650. The molecule has 0 fully saturated rings. The van der Waals surface area contributed by atoms with Gasteiger partial charge < -0.3 is 5.11 Å². The molecule has 0 heterocycles. The van der Waals surface area contributed by atoms with Gasteiger partial charge in [-0.1, -0.05) is 12.1 Å². The van der Waals surface area contributed by atoms with Crippen LogP contribution in [0.1, 0.15) is 18.4 Å². The number of halogens is 2. The highest BCUT2D eigenvalue weighted by atomic mass is 127. The first-order valence-electron chi connectivity index (χ1n) is 4.26. The highest BCUT2D eigenvalue weighted by molar-refractivity contribution is 14.1. The molecule has 0 spiro atoms. The number of hydrogen-bond donors (Lipinski definition) is 1. The fraction of sp³-hybridized carbons (Fsp3) is 0.300. The van der Waals surface area contributed by atoms with Crippen molar-refractivity contribution in [2.45, 2.75) is 19.3 Å². The minimum atomic E-state index is -0.809. The van der Waals surface area contributed by atoms with Gasteiger partial charge in [0, 0.05) is 6.42 Å². The smallest absolute Gasteiger partial charge is 0.303 e. The average molecular weight is 308 g/mol. The number of carboxylic acids is 1. The Morgan fingerprint density at radius 1 is 1.50 bits per heavy atom. The van der Waals surface area contributed by atoms with Crippen LogP contribution < -0.4 is 0 Å². The molecule has 2 nitrogen and oxygen atoms in total. The van der Waals surface area contributed by atoms with E-state index in [2.05, 4.69) is 0 Å². The quantitative estimate of drug-likeness (QED) is 0.869. The van der Waals surface area contributed by atoms with Gasteiger partial charge in [0.1, 0.15) is 5.82 Å². The molecule has 0 atom stereocenters. The maximum Gasteiger partial charge on any atom is 0.303 e. The van der Waals surface area contributed by atoms with Crippen LogP contribution in [-0.4, -0.2) is 11.1 Å². The third-order valence-corrected chi connectivity index (χ3v) is 3.08. The summed E-state index contributed by atoms with van der Waals surface area (Å²) in [6, 6.07) is 4.88. The SMILES string of the molecule is O=C(O)CCCc1cccc(F)c1I. The predicted molar refractivity (Wildman–Crippen MR) is 59.7 cm³/mol. The second-order valence-electron chi connectivity index (χ2n) is 2.96. The summed E-state index contributed by atoms with van der Waals surface area (Å²) in [7, 11) is 0. The summed E-state index contributed by atoms with van der Waals surface area (Å²) in [5.41, 5.74) is 0.881. The van der Waals surface area contributed by atoms with E-state index in [0.29, 0.717) is 16.4 Å². The van der Waals surface area contributed by atoms with Crippen LogP contribution in [0.4, 0.5) is 4.39 Å². The van der Waals surface area contributed by atoms with E-state index in [1.807, 2.05) is 28.7 Å². The van der Waals surface area contributed by atoms with E-state index in [0.717, 1.165) is 5.56 Å². The number of aryl methyl sites for hydroxylation is 1. The fourth-order valence-electron chi connectivity index (χ4n) is 1.17. The molecule has 1 aromatic rings. The maximum absolute atomic E-state index is 13.0. The number of rotatable bonds is 4. The molecule has 0 saturated carbocycles. The molecule has 0 aromatic heterocycles. The first-order valence-corrected chi connectivity index (χ1v) is 5.34. The number of benzene rings is 1. The Balaban J connectivity index is 2.59. The highest BCUT2D eigenvalue weighted by Crippen LogP contribution is 2.17. The standard InChI is InChI=1S/C10H10FIO2/c11-8-5-1-3-7(10(8)12)4-2-6-9(13)14/h1,3,5H,2,4,6H2,(H,13,14). The monoisotopic (exact) mass is 308 g/mol. The van der Waals surface area contributed by atoms with Crippen molar-refractivity contribution in [2.75, 3.05) is 0 Å². The van der Waals surface area contributed by atoms with E-state index in [4.69, 9.17) is 5.11 Å². The van der Waals surface area contributed by atoms with Crippen molar-refractivity contribution >= 4 is 28.6 Å². The second-order valence-corrected chi connectivity index (χ2v) is 4.04. The molecule has 4 heteroatoms. The zero-order valence-electron chi connectivity index (χ0n) is 7.46. The number of carboxylic acid groups (broad SMARTS) is 1. The topological polar surface area (TPSA) is 37.3 Å². The van der Waals surface area contributed by atoms with Gasteiger partial charge in [-0.25, -0.2) is 4.39 Å². The fourth-order valence-corrected chi connectivity index (χ4v) is 1.80. The molecule has 1 N–H and O–H groups in total. The summed E-state index contributed by atoms with van der Waals surface area (Å²) < 4.78 is 13.6. The van der Waals surface area contributed by atoms with E-state index < -0.39 is 5.97 Å². The normalized spacial score (nSPS) is 10.1. The Labute approximate surface area is 95.3 Å². The summed E-state index contributed by atoms with van der Waals surface area (Å²) in [5, 5.41) is 8.44. The zero-order chi connectivity index (χ0) is 10.6. The molecule has 0 amide bonds. The van der Waals surface area contributed by atoms with E-state index in [1.165, 1.54) is 6.07 Å². The average Bonchev–Trinajstić information content (AvgIpc) is 2.12. The lowest BCUT2D eigenvalue weighted by atomic mass is 10.1. The highest BCUT2D eigenvalue weighted by Gasteiger charge is 2.05. The predicted octanol–water partition coefficient (Wildman–Crippen LogP) is 2.84. The van der Waals surface area contributed by atoms with E-state index in [-0.39, 0.29) is 12.2 Å². The minimum Gasteiger partial charge on any atom is -0.481 e. The number of hydrogen-bond acceptors (Lipinski definition) is 1. The second kappa shape index (κ2) is 5.29. The Kier molecular flexibility index (Phi) is 4.31. The van der Waals surface area contributed by atoms with Crippen LogP contribution in [0.3, 0.4) is 0 Å². The van der Waals surface area contributed by atoms with Crippen LogP contribution in [0.2, 0.25) is 0 Å². The van der Waals surface area contributed by atoms with Gasteiger partial charge in [0.25, 0.3) is 0 Å². The number of aliphatic carboxylic acids is 1. The largest absolute Gasteiger partial charge is 0.481 e. The van der Waals surface area contributed by atoms with Crippen molar-refractivity contribution in [3.8, 4) is 0 Å². The third kappa shape index (κ3) is 3.25. The first kappa shape index (κ1) is 11.4. The van der Waals surface area contributed by atoms with Gasteiger partial charge in [-0.2, -0.15) is 0 Å². The molecule has 76 valence electrons. The van der Waals surface area contributed by atoms with Crippen molar-refractivity contribution < 1.29 is 14.3 Å². The summed E-state index contributed by atoms with van der Waals surface area (Å²) in [4.78, 5) is 10.3. The first-order chi connectivity index (χ1) is 6.61. The van der Waals surface area contributed by atoms with Gasteiger partial charge >= 0.3 is 5.97 Å². The lowest BCUT2D eigenvalue weighted by Crippen LogP contribution is -1.98. The van der Waals surface area contributed by atoms with Gasteiger partial charge in [-0.05, 0) is 47.1 Å². The van der Waals surface area contributed by atoms with Crippen molar-refractivity contribution in [3.05, 3.63) is 33.1 Å². The van der Waals surface area contributed by atoms with Gasteiger partial charge in [0.15, 0.2) is 0 Å². The van der Waals surface area contributed by atoms with Gasteiger partial charge in [0.2, 0.25) is 0 Å². The minimum absolute atomic E-state index is 0.132. The summed E-state index contributed by atoms with van der Waals surface area (Å²) >= 11 is 1.94. The summed E-state index contributed by atoms with van der Waals surface area (Å²) in [5.74, 6) is -1.05. The molecule has 1 aromatic carbocycles. The summed E-state index contributed by atoms with van der Waals surface area (Å²) in [6.45, 7) is 0. The zero-order valence-corrected chi connectivity index (χ0v) is 9.62. The van der Waals surface area contributed by atoms with Crippen molar-refractivity contribution in [2.24, 2.45) is 0 Å². The van der Waals surface area contributed by atoms with Gasteiger partial charge in [-0.3, -0.25) is 4.79 Å². The molecular formula is C10H10FIO2. The van der Waals surface area contributed by atoms with Gasteiger partial charge in [0.05, 0.1) is 3.57 Å². The molecule has 1 rings (SSSR count). The van der Waals surface area contributed by atoms with E-state index in [1.54, 1.807) is 6.07 Å². The number of carbonyl (C=O) groups is 1. The van der Waals surface area contributed by atoms with Crippen LogP contribution in [0, 0.1) is 9.39 Å². The van der Waals surface area contributed by atoms with Crippen LogP contribution in [0.25, 0.3) is 0 Å². The molecule has 14 heavy (non-hydrogen) atoms. The Morgan fingerprint density at radius 3 is 2.86 bits per heavy atom. The lowest BCUT2D eigenvalue weighted by molar-refractivity contribution is -0.137. The van der Waals surface area contributed by atoms with Crippen molar-refractivity contribution in [1.29, 1.82) is 0 Å². The van der Waals surface area contributed by atoms with Crippen LogP contribution in [-0.2, 0) is 11.2 Å². The summed E-state index contributed by atoms with van der Waals surface area (Å²) in [6.07, 6.45) is 1.30. The van der Waals surface area contributed by atoms with E-state index >= 15 is 0 Å².